The number of amides is 1. The summed E-state index contributed by atoms with van der Waals surface area (Å²) in [7, 11) is -4.10. The van der Waals surface area contributed by atoms with Crippen LogP contribution in [0.3, 0.4) is 0 Å². The fourth-order valence-electron chi connectivity index (χ4n) is 5.87. The lowest BCUT2D eigenvalue weighted by Crippen LogP contribution is -2.52. The molecule has 2 aliphatic rings. The van der Waals surface area contributed by atoms with Gasteiger partial charge in [-0.1, -0.05) is 17.7 Å². The molecule has 3 atom stereocenters. The van der Waals surface area contributed by atoms with Crippen molar-refractivity contribution < 1.29 is 36.6 Å². The minimum absolute atomic E-state index is 0.0172. The van der Waals surface area contributed by atoms with Crippen LogP contribution in [0.5, 0.6) is 0 Å². The number of anilines is 1. The lowest BCUT2D eigenvalue weighted by molar-refractivity contribution is -0.146. The third-order valence-electron chi connectivity index (χ3n) is 7.84. The summed E-state index contributed by atoms with van der Waals surface area (Å²) < 4.78 is 67.8. The van der Waals surface area contributed by atoms with Crippen molar-refractivity contribution in [2.24, 2.45) is 11.8 Å². The van der Waals surface area contributed by atoms with Gasteiger partial charge in [0, 0.05) is 17.3 Å². The van der Waals surface area contributed by atoms with Crippen molar-refractivity contribution in [3.8, 4) is 0 Å². The summed E-state index contributed by atoms with van der Waals surface area (Å²) in [5.74, 6) is -5.00. The van der Waals surface area contributed by atoms with Gasteiger partial charge in [0.2, 0.25) is 5.95 Å². The topological polar surface area (TPSA) is 117 Å². The molecule has 0 aliphatic heterocycles. The van der Waals surface area contributed by atoms with Gasteiger partial charge in [0.15, 0.2) is 21.5 Å². The van der Waals surface area contributed by atoms with E-state index in [0.717, 1.165) is 30.3 Å². The summed E-state index contributed by atoms with van der Waals surface area (Å²) >= 11 is 6.26. The Morgan fingerprint density at radius 3 is 2.36 bits per heavy atom. The van der Waals surface area contributed by atoms with E-state index in [1.54, 1.807) is 0 Å². The number of aliphatic hydroxyl groups is 2. The Balaban J connectivity index is 1.39. The highest BCUT2D eigenvalue weighted by atomic mass is 35.5. The zero-order valence-electron chi connectivity index (χ0n) is 20.3. The lowest BCUT2D eigenvalue weighted by atomic mass is 9.70. The molecule has 2 aromatic carbocycles. The van der Waals surface area contributed by atoms with E-state index in [9.17, 15) is 36.6 Å². The van der Waals surface area contributed by atoms with E-state index in [1.807, 2.05) is 0 Å². The van der Waals surface area contributed by atoms with E-state index in [4.69, 9.17) is 11.6 Å². The average molecular weight is 581 g/mol. The molecule has 12 heteroatoms. The molecule has 1 aromatic heterocycles. The number of carbonyl (C=O) groups is 1. The van der Waals surface area contributed by atoms with E-state index < -0.39 is 62.1 Å². The van der Waals surface area contributed by atoms with E-state index in [-0.39, 0.29) is 39.7 Å². The minimum atomic E-state index is -4.10. The van der Waals surface area contributed by atoms with E-state index >= 15 is 0 Å². The van der Waals surface area contributed by atoms with Gasteiger partial charge in [0.25, 0.3) is 5.91 Å². The lowest BCUT2D eigenvalue weighted by Gasteiger charge is -2.45. The van der Waals surface area contributed by atoms with Crippen LogP contribution in [-0.2, 0) is 9.84 Å². The quantitative estimate of drug-likeness (QED) is 0.360. The molecule has 0 saturated heterocycles. The first-order valence-electron chi connectivity index (χ1n) is 12.2. The molecule has 1 amide bonds. The summed E-state index contributed by atoms with van der Waals surface area (Å²) in [6.07, 6.45) is -0.540. The first-order valence-corrected chi connectivity index (χ1v) is 14.2. The monoisotopic (exact) mass is 580 g/mol. The van der Waals surface area contributed by atoms with Gasteiger partial charge in [-0.15, -0.1) is 0 Å². The molecule has 206 valence electrons. The number of nitrogens with one attached hydrogen (secondary N) is 1. The summed E-state index contributed by atoms with van der Waals surface area (Å²) in [5, 5.41) is 23.9. The molecule has 5 rings (SSSR count). The molecule has 2 unspecified atom stereocenters. The largest absolute Gasteiger partial charge is 0.386 e. The van der Waals surface area contributed by atoms with Crippen molar-refractivity contribution in [3.63, 3.8) is 0 Å². The molecule has 2 aliphatic carbocycles. The van der Waals surface area contributed by atoms with Crippen molar-refractivity contribution in [2.75, 3.05) is 5.32 Å². The number of rotatable bonds is 6. The van der Waals surface area contributed by atoms with Crippen molar-refractivity contribution in [1.29, 1.82) is 0 Å². The Labute approximate surface area is 227 Å². The second-order valence-electron chi connectivity index (χ2n) is 10.0. The van der Waals surface area contributed by atoms with Crippen molar-refractivity contribution >= 4 is 33.0 Å². The second kappa shape index (κ2) is 10.2. The number of aromatic nitrogens is 1. The fraction of sp³-hybridized carbons (Fsp3) is 0.333. The van der Waals surface area contributed by atoms with Gasteiger partial charge in [0.05, 0.1) is 20.9 Å². The maximum atomic E-state index is 13.7. The SMILES string of the molecule is O=C(Nc1ccc(F)c(F)c1)c1ccc(Cl)c(S(=O)(=O)C2CC3CCC(C2)C3(O)[C@H](O)c2cccc(F)n2)c1. The highest BCUT2D eigenvalue weighted by Crippen LogP contribution is 2.56. The van der Waals surface area contributed by atoms with Gasteiger partial charge in [-0.3, -0.25) is 4.79 Å². The van der Waals surface area contributed by atoms with Crippen molar-refractivity contribution in [3.05, 3.63) is 88.5 Å². The number of carbonyl (C=O) groups excluding carboxylic acids is 1. The number of pyridine rings is 1. The molecule has 1 heterocycles. The third-order valence-corrected chi connectivity index (χ3v) is 10.5. The van der Waals surface area contributed by atoms with Crippen LogP contribution in [0.2, 0.25) is 5.02 Å². The molecule has 3 aromatic rings. The Morgan fingerprint density at radius 1 is 1.03 bits per heavy atom. The van der Waals surface area contributed by atoms with Crippen LogP contribution in [0.15, 0.2) is 59.5 Å². The smallest absolute Gasteiger partial charge is 0.255 e. The zero-order valence-corrected chi connectivity index (χ0v) is 21.9. The predicted octanol–water partition coefficient (Wildman–Crippen LogP) is 4.83. The molecule has 2 bridgehead atoms. The molecule has 0 radical (unpaired) electrons. The van der Waals surface area contributed by atoms with Crippen LogP contribution in [0.4, 0.5) is 18.9 Å². The molecule has 0 spiro atoms. The average Bonchev–Trinajstić information content (AvgIpc) is 3.05. The van der Waals surface area contributed by atoms with Crippen molar-refractivity contribution in [1.82, 2.24) is 4.98 Å². The Bertz CT molecular complexity index is 1540. The van der Waals surface area contributed by atoms with E-state index in [1.165, 1.54) is 24.3 Å². The Morgan fingerprint density at radius 2 is 1.72 bits per heavy atom. The van der Waals surface area contributed by atoms with E-state index in [0.29, 0.717) is 12.8 Å². The van der Waals surface area contributed by atoms with Crippen LogP contribution in [0.1, 0.15) is 47.8 Å². The number of aliphatic hydroxyl groups excluding tert-OH is 1. The summed E-state index contributed by atoms with van der Waals surface area (Å²) in [6, 6.07) is 10.4. The number of hydrogen-bond donors (Lipinski definition) is 3. The number of sulfone groups is 1. The van der Waals surface area contributed by atoms with Crippen molar-refractivity contribution in [2.45, 2.75) is 47.5 Å². The molecule has 39 heavy (non-hydrogen) atoms. The maximum absolute atomic E-state index is 13.7. The third kappa shape index (κ3) is 4.93. The number of nitrogens with zero attached hydrogens (tertiary/aromatic N) is 1. The predicted molar refractivity (Wildman–Crippen MR) is 136 cm³/mol. The summed E-state index contributed by atoms with van der Waals surface area (Å²) in [5.41, 5.74) is -1.79. The number of halogens is 4. The fourth-order valence-corrected chi connectivity index (χ4v) is 8.28. The Hall–Kier alpha value is -2.99. The second-order valence-corrected chi connectivity index (χ2v) is 12.6. The van der Waals surface area contributed by atoms with E-state index in [2.05, 4.69) is 10.3 Å². The van der Waals surface area contributed by atoms with Gasteiger partial charge in [-0.25, -0.2) is 22.2 Å². The molecule has 3 N–H and O–H groups in total. The molecule has 2 saturated carbocycles. The standard InChI is InChI=1S/C27H24ClF3N2O5S/c28-19-8-4-14(26(35)32-17-7-9-20(29)21(30)13-17)10-23(19)39(37,38)18-11-15-5-6-16(12-18)27(15,36)25(34)22-2-1-3-24(31)33-22/h1-4,7-10,13,15-16,18,25,34,36H,5-6,11-12H2,(H,32,35)/t15?,16?,18?,25-,27?/m1/s1. The highest BCUT2D eigenvalue weighted by molar-refractivity contribution is 7.92. The number of fused-ring (bicyclic) bond motifs is 2. The highest BCUT2D eigenvalue weighted by Gasteiger charge is 2.59. The van der Waals surface area contributed by atoms with Gasteiger partial charge in [-0.05, 0) is 80.0 Å². The molecular formula is C27H24ClF3N2O5S. The normalized spacial score (nSPS) is 25.3. The molecule has 7 nitrogen and oxygen atoms in total. The van der Waals surface area contributed by atoms with Crippen LogP contribution >= 0.6 is 11.6 Å². The first-order chi connectivity index (χ1) is 18.4. The van der Waals surface area contributed by atoms with Crippen LogP contribution in [0.25, 0.3) is 0 Å². The van der Waals surface area contributed by atoms with Crippen LogP contribution in [0, 0.1) is 29.4 Å². The van der Waals surface area contributed by atoms with Crippen LogP contribution < -0.4 is 5.32 Å². The molecule has 2 fully saturated rings. The number of benzene rings is 2. The zero-order chi connectivity index (χ0) is 28.1. The Kier molecular flexibility index (Phi) is 7.21. The van der Waals surface area contributed by atoms with Gasteiger partial charge in [0.1, 0.15) is 11.7 Å². The summed E-state index contributed by atoms with van der Waals surface area (Å²) in [6.45, 7) is 0. The number of hydrogen-bond acceptors (Lipinski definition) is 6. The first kappa shape index (κ1) is 27.6. The van der Waals surface area contributed by atoms with Gasteiger partial charge in [-0.2, -0.15) is 4.39 Å². The van der Waals surface area contributed by atoms with Gasteiger partial charge < -0.3 is 15.5 Å². The molecular weight excluding hydrogens is 557 g/mol. The van der Waals surface area contributed by atoms with Crippen LogP contribution in [-0.4, -0.2) is 40.4 Å². The van der Waals surface area contributed by atoms with Gasteiger partial charge >= 0.3 is 0 Å². The maximum Gasteiger partial charge on any atom is 0.255 e. The summed E-state index contributed by atoms with van der Waals surface area (Å²) in [4.78, 5) is 16.2. The minimum Gasteiger partial charge on any atom is -0.386 e.